The lowest BCUT2D eigenvalue weighted by Crippen LogP contribution is -2.07. The first-order valence-electron chi connectivity index (χ1n) is 4.27. The fraction of sp³-hybridized carbons (Fsp3) is 0.222. The average Bonchev–Trinajstić information content (AvgIpc) is 2.46. The van der Waals surface area contributed by atoms with Crippen molar-refractivity contribution < 1.29 is 5.21 Å². The molecule has 0 saturated heterocycles. The predicted molar refractivity (Wildman–Crippen MR) is 56.0 cm³/mol. The van der Waals surface area contributed by atoms with Crippen LogP contribution in [0.4, 0.5) is 0 Å². The molecule has 3 N–H and O–H groups in total. The molecule has 1 heterocycles. The molecule has 0 aliphatic rings. The maximum absolute atomic E-state index is 11.2. The van der Waals surface area contributed by atoms with E-state index in [4.69, 9.17) is 5.73 Å². The number of hydrogen-bond acceptors (Lipinski definition) is 4. The molecule has 2 rings (SSSR count). The van der Waals surface area contributed by atoms with E-state index >= 15 is 0 Å². The van der Waals surface area contributed by atoms with E-state index in [0.717, 1.165) is 28.0 Å². The van der Waals surface area contributed by atoms with Gasteiger partial charge in [-0.25, -0.2) is 0 Å². The minimum Gasteiger partial charge on any atom is -0.424 e. The molecule has 5 heteroatoms. The second-order valence-corrected chi connectivity index (χ2v) is 3.95. The Hall–Kier alpha value is -1.33. The Morgan fingerprint density at radius 2 is 2.29 bits per heavy atom. The Balaban J connectivity index is 2.75. The molecule has 0 aliphatic heterocycles. The predicted octanol–water partition coefficient (Wildman–Crippen LogP) is 0.801. The SMILES string of the molecule is NCCc1cccc2c1sc(=O)n2O. The molecule has 1 aromatic heterocycles. The van der Waals surface area contributed by atoms with Gasteiger partial charge in [-0.1, -0.05) is 23.5 Å². The van der Waals surface area contributed by atoms with E-state index in [9.17, 15) is 10.0 Å². The molecule has 2 aromatic rings. The van der Waals surface area contributed by atoms with Gasteiger partial charge >= 0.3 is 4.87 Å². The first kappa shape index (κ1) is 9.23. The van der Waals surface area contributed by atoms with Gasteiger partial charge in [0.25, 0.3) is 0 Å². The van der Waals surface area contributed by atoms with Crippen LogP contribution in [0.3, 0.4) is 0 Å². The van der Waals surface area contributed by atoms with Crippen molar-refractivity contribution in [2.75, 3.05) is 6.54 Å². The van der Waals surface area contributed by atoms with Crippen molar-refractivity contribution in [1.82, 2.24) is 4.73 Å². The molecule has 0 fully saturated rings. The lowest BCUT2D eigenvalue weighted by Gasteiger charge is -1.99. The average molecular weight is 210 g/mol. The molecule has 0 atom stereocenters. The Kier molecular flexibility index (Phi) is 2.26. The van der Waals surface area contributed by atoms with E-state index in [1.807, 2.05) is 12.1 Å². The summed E-state index contributed by atoms with van der Waals surface area (Å²) in [5, 5.41) is 9.37. The minimum atomic E-state index is -0.357. The second-order valence-electron chi connectivity index (χ2n) is 2.98. The largest absolute Gasteiger partial charge is 0.424 e. The molecule has 0 spiro atoms. The highest BCUT2D eigenvalue weighted by Gasteiger charge is 2.08. The number of hydrogen-bond donors (Lipinski definition) is 2. The van der Waals surface area contributed by atoms with Crippen LogP contribution >= 0.6 is 11.3 Å². The van der Waals surface area contributed by atoms with Crippen molar-refractivity contribution in [1.29, 1.82) is 0 Å². The molecule has 0 amide bonds. The molecule has 14 heavy (non-hydrogen) atoms. The summed E-state index contributed by atoms with van der Waals surface area (Å²) < 4.78 is 1.51. The van der Waals surface area contributed by atoms with Crippen LogP contribution in [-0.4, -0.2) is 16.5 Å². The zero-order valence-electron chi connectivity index (χ0n) is 7.43. The number of fused-ring (bicyclic) bond motifs is 1. The first-order valence-corrected chi connectivity index (χ1v) is 5.08. The van der Waals surface area contributed by atoms with Gasteiger partial charge in [0.2, 0.25) is 0 Å². The third-order valence-corrected chi connectivity index (χ3v) is 3.10. The van der Waals surface area contributed by atoms with E-state index in [0.29, 0.717) is 16.8 Å². The molecule has 0 bridgehead atoms. The minimum absolute atomic E-state index is 0.357. The summed E-state index contributed by atoms with van der Waals surface area (Å²) in [6, 6.07) is 5.45. The zero-order valence-corrected chi connectivity index (χ0v) is 8.25. The van der Waals surface area contributed by atoms with Crippen molar-refractivity contribution in [3.8, 4) is 0 Å². The van der Waals surface area contributed by atoms with Gasteiger partial charge in [0, 0.05) is 0 Å². The summed E-state index contributed by atoms with van der Waals surface area (Å²) in [6.07, 6.45) is 0.720. The first-order chi connectivity index (χ1) is 6.74. The summed E-state index contributed by atoms with van der Waals surface area (Å²) in [6.45, 7) is 0.538. The topological polar surface area (TPSA) is 68.2 Å². The number of thiazole rings is 1. The van der Waals surface area contributed by atoms with Gasteiger partial charge in [0.15, 0.2) is 0 Å². The van der Waals surface area contributed by atoms with Crippen LogP contribution in [0.25, 0.3) is 10.2 Å². The lowest BCUT2D eigenvalue weighted by molar-refractivity contribution is 0.193. The maximum atomic E-state index is 11.2. The van der Waals surface area contributed by atoms with E-state index in [-0.39, 0.29) is 4.87 Å². The van der Waals surface area contributed by atoms with Crippen LogP contribution in [0.1, 0.15) is 5.56 Å². The highest BCUT2D eigenvalue weighted by molar-refractivity contribution is 7.16. The van der Waals surface area contributed by atoms with Crippen molar-refractivity contribution in [2.24, 2.45) is 5.73 Å². The van der Waals surface area contributed by atoms with Gasteiger partial charge in [0.1, 0.15) is 5.52 Å². The van der Waals surface area contributed by atoms with Gasteiger partial charge in [-0.05, 0) is 24.6 Å². The molecule has 4 nitrogen and oxygen atoms in total. The van der Waals surface area contributed by atoms with Gasteiger partial charge in [-0.3, -0.25) is 4.79 Å². The normalized spacial score (nSPS) is 10.9. The zero-order chi connectivity index (χ0) is 10.1. The number of nitrogens with zero attached hydrogens (tertiary/aromatic N) is 1. The fourth-order valence-corrected chi connectivity index (χ4v) is 2.36. The van der Waals surface area contributed by atoms with E-state index < -0.39 is 0 Å². The molecular weight excluding hydrogens is 200 g/mol. The molecule has 74 valence electrons. The Morgan fingerprint density at radius 3 is 3.00 bits per heavy atom. The monoisotopic (exact) mass is 210 g/mol. The maximum Gasteiger partial charge on any atom is 0.340 e. The van der Waals surface area contributed by atoms with Crippen LogP contribution in [0.5, 0.6) is 0 Å². The second kappa shape index (κ2) is 3.43. The van der Waals surface area contributed by atoms with Crippen LogP contribution in [0.15, 0.2) is 23.0 Å². The number of aromatic nitrogens is 1. The van der Waals surface area contributed by atoms with E-state index in [1.165, 1.54) is 0 Å². The summed E-state index contributed by atoms with van der Waals surface area (Å²) in [7, 11) is 0. The van der Waals surface area contributed by atoms with Crippen LogP contribution < -0.4 is 10.6 Å². The third-order valence-electron chi connectivity index (χ3n) is 2.08. The van der Waals surface area contributed by atoms with E-state index in [1.54, 1.807) is 6.07 Å². The van der Waals surface area contributed by atoms with Crippen molar-refractivity contribution in [2.45, 2.75) is 6.42 Å². The Labute approximate surface area is 84.2 Å². The molecule has 0 radical (unpaired) electrons. The van der Waals surface area contributed by atoms with Crippen LogP contribution in [0, 0.1) is 0 Å². The highest BCUT2D eigenvalue weighted by atomic mass is 32.1. The standard InChI is InChI=1S/C9H10N2O2S/c10-5-4-6-2-1-3-7-8(6)14-9(12)11(7)13/h1-3,13H,4-5,10H2. The number of benzene rings is 1. The summed E-state index contributed by atoms with van der Waals surface area (Å²) in [5.74, 6) is 0. The van der Waals surface area contributed by atoms with Gasteiger partial charge in [-0.15, -0.1) is 4.73 Å². The number of rotatable bonds is 2. The van der Waals surface area contributed by atoms with Gasteiger partial charge in [-0.2, -0.15) is 0 Å². The molecule has 0 unspecified atom stereocenters. The van der Waals surface area contributed by atoms with Crippen LogP contribution in [-0.2, 0) is 6.42 Å². The van der Waals surface area contributed by atoms with Crippen molar-refractivity contribution in [3.05, 3.63) is 33.4 Å². The lowest BCUT2D eigenvalue weighted by atomic mass is 10.1. The quantitative estimate of drug-likeness (QED) is 0.720. The summed E-state index contributed by atoms with van der Waals surface area (Å²) >= 11 is 1.05. The number of nitrogens with two attached hydrogens (primary N) is 1. The van der Waals surface area contributed by atoms with E-state index in [2.05, 4.69) is 0 Å². The van der Waals surface area contributed by atoms with Gasteiger partial charge in [0.05, 0.1) is 4.70 Å². The summed E-state index contributed by atoms with van der Waals surface area (Å²) in [5.41, 5.74) is 7.03. The van der Waals surface area contributed by atoms with Crippen LogP contribution in [0.2, 0.25) is 0 Å². The fourth-order valence-electron chi connectivity index (χ4n) is 1.44. The summed E-state index contributed by atoms with van der Waals surface area (Å²) in [4.78, 5) is 10.8. The molecule has 0 aliphatic carbocycles. The Morgan fingerprint density at radius 1 is 1.50 bits per heavy atom. The molecule has 0 saturated carbocycles. The van der Waals surface area contributed by atoms with Gasteiger partial charge < -0.3 is 10.9 Å². The smallest absolute Gasteiger partial charge is 0.340 e. The highest BCUT2D eigenvalue weighted by Crippen LogP contribution is 2.21. The van der Waals surface area contributed by atoms with Crippen molar-refractivity contribution >= 4 is 21.6 Å². The third kappa shape index (κ3) is 1.30. The van der Waals surface area contributed by atoms with Crippen molar-refractivity contribution in [3.63, 3.8) is 0 Å². The molecular formula is C9H10N2O2S. The molecule has 1 aromatic carbocycles. The Bertz CT molecular complexity index is 515.